The Hall–Kier alpha value is -1.35. The minimum atomic E-state index is 0.0835. The molecular formula is C18H23ClN2. The van der Waals surface area contributed by atoms with E-state index in [1.165, 1.54) is 11.1 Å². The van der Waals surface area contributed by atoms with Crippen molar-refractivity contribution in [3.8, 4) is 0 Å². The predicted molar refractivity (Wildman–Crippen MR) is 90.5 cm³/mol. The van der Waals surface area contributed by atoms with E-state index >= 15 is 0 Å². The summed E-state index contributed by atoms with van der Waals surface area (Å²) in [4.78, 5) is 2.31. The molecule has 0 heterocycles. The van der Waals surface area contributed by atoms with Crippen LogP contribution >= 0.6 is 11.6 Å². The molecule has 0 saturated heterocycles. The summed E-state index contributed by atoms with van der Waals surface area (Å²) >= 11 is 6.06. The van der Waals surface area contributed by atoms with Crippen LogP contribution in [-0.4, -0.2) is 18.5 Å². The fourth-order valence-corrected chi connectivity index (χ4v) is 2.62. The van der Waals surface area contributed by atoms with Crippen LogP contribution < -0.4 is 5.73 Å². The molecule has 0 bridgehead atoms. The van der Waals surface area contributed by atoms with Gasteiger partial charge in [0.25, 0.3) is 0 Å². The van der Waals surface area contributed by atoms with Gasteiger partial charge in [-0.1, -0.05) is 54.1 Å². The molecule has 0 aromatic heterocycles. The van der Waals surface area contributed by atoms with Gasteiger partial charge in [-0.25, -0.2) is 0 Å². The first-order valence-corrected chi connectivity index (χ1v) is 7.72. The topological polar surface area (TPSA) is 29.3 Å². The first-order valence-electron chi connectivity index (χ1n) is 7.34. The molecule has 3 heteroatoms. The van der Waals surface area contributed by atoms with E-state index in [4.69, 9.17) is 17.3 Å². The van der Waals surface area contributed by atoms with Crippen LogP contribution in [0.25, 0.3) is 0 Å². The number of nitrogens with two attached hydrogens (primary N) is 1. The minimum absolute atomic E-state index is 0.0835. The van der Waals surface area contributed by atoms with Crippen LogP contribution in [0.2, 0.25) is 5.02 Å². The fourth-order valence-electron chi connectivity index (χ4n) is 2.42. The highest BCUT2D eigenvalue weighted by molar-refractivity contribution is 6.30. The van der Waals surface area contributed by atoms with Crippen molar-refractivity contribution in [3.05, 3.63) is 70.7 Å². The highest BCUT2D eigenvalue weighted by atomic mass is 35.5. The van der Waals surface area contributed by atoms with Crippen LogP contribution in [-0.2, 0) is 0 Å². The molecule has 0 fully saturated rings. The first kappa shape index (κ1) is 16.0. The van der Waals surface area contributed by atoms with Crippen molar-refractivity contribution in [2.75, 3.05) is 13.6 Å². The van der Waals surface area contributed by atoms with Gasteiger partial charge in [0.2, 0.25) is 0 Å². The zero-order valence-corrected chi connectivity index (χ0v) is 13.4. The maximum absolute atomic E-state index is 6.26. The molecule has 2 unspecified atom stereocenters. The molecular weight excluding hydrogens is 280 g/mol. The number of benzene rings is 2. The average Bonchev–Trinajstić information content (AvgIpc) is 2.52. The summed E-state index contributed by atoms with van der Waals surface area (Å²) in [6.07, 6.45) is 0.936. The van der Waals surface area contributed by atoms with E-state index in [0.29, 0.717) is 6.04 Å². The van der Waals surface area contributed by atoms with Gasteiger partial charge >= 0.3 is 0 Å². The van der Waals surface area contributed by atoms with Crippen molar-refractivity contribution in [3.63, 3.8) is 0 Å². The largest absolute Gasteiger partial charge is 0.324 e. The van der Waals surface area contributed by atoms with Gasteiger partial charge in [0.05, 0.1) is 0 Å². The molecule has 0 saturated carbocycles. The molecule has 0 aliphatic carbocycles. The van der Waals surface area contributed by atoms with Crippen LogP contribution in [0.3, 0.4) is 0 Å². The van der Waals surface area contributed by atoms with Crippen LogP contribution in [0.15, 0.2) is 54.6 Å². The molecule has 2 N–H and O–H groups in total. The van der Waals surface area contributed by atoms with E-state index in [2.05, 4.69) is 37.1 Å². The Morgan fingerprint density at radius 2 is 1.71 bits per heavy atom. The van der Waals surface area contributed by atoms with Crippen LogP contribution in [0.4, 0.5) is 0 Å². The molecule has 0 spiro atoms. The van der Waals surface area contributed by atoms with E-state index in [-0.39, 0.29) is 6.04 Å². The van der Waals surface area contributed by atoms with E-state index in [0.717, 1.165) is 18.0 Å². The quantitative estimate of drug-likeness (QED) is 0.855. The second-order valence-electron chi connectivity index (χ2n) is 5.52. The van der Waals surface area contributed by atoms with Crippen molar-refractivity contribution in [1.82, 2.24) is 4.90 Å². The molecule has 21 heavy (non-hydrogen) atoms. The standard InChI is InChI=1S/C18H23ClN2/c1-14(16-9-6-10-17(19)13-16)21(2)12-11-18(20)15-7-4-3-5-8-15/h3-10,13-14,18H,11-12,20H2,1-2H3. The van der Waals surface area contributed by atoms with E-state index in [1.807, 2.05) is 36.4 Å². The highest BCUT2D eigenvalue weighted by Crippen LogP contribution is 2.23. The summed E-state index contributed by atoms with van der Waals surface area (Å²) in [6.45, 7) is 3.14. The van der Waals surface area contributed by atoms with Crippen LogP contribution in [0.5, 0.6) is 0 Å². The Balaban J connectivity index is 1.91. The van der Waals surface area contributed by atoms with Gasteiger partial charge in [-0.15, -0.1) is 0 Å². The lowest BCUT2D eigenvalue weighted by molar-refractivity contribution is 0.251. The summed E-state index contributed by atoms with van der Waals surface area (Å²) in [7, 11) is 2.13. The van der Waals surface area contributed by atoms with Crippen molar-refractivity contribution < 1.29 is 0 Å². The Bertz CT molecular complexity index is 556. The second kappa shape index (κ2) is 7.60. The number of nitrogens with zero attached hydrogens (tertiary/aromatic N) is 1. The van der Waals surface area contributed by atoms with Gasteiger partial charge in [0.1, 0.15) is 0 Å². The maximum atomic E-state index is 6.26. The predicted octanol–water partition coefficient (Wildman–Crippen LogP) is 4.42. The Morgan fingerprint density at radius 1 is 1.05 bits per heavy atom. The Kier molecular flexibility index (Phi) is 5.80. The monoisotopic (exact) mass is 302 g/mol. The Labute approximate surface area is 132 Å². The molecule has 2 aromatic rings. The van der Waals surface area contributed by atoms with E-state index < -0.39 is 0 Å². The highest BCUT2D eigenvalue weighted by Gasteiger charge is 2.13. The van der Waals surface area contributed by atoms with Crippen molar-refractivity contribution in [1.29, 1.82) is 0 Å². The average molecular weight is 303 g/mol. The first-order chi connectivity index (χ1) is 10.1. The molecule has 0 aliphatic rings. The minimum Gasteiger partial charge on any atom is -0.324 e. The zero-order chi connectivity index (χ0) is 15.2. The molecule has 0 amide bonds. The summed E-state index contributed by atoms with van der Waals surface area (Å²) in [5, 5.41) is 0.786. The van der Waals surface area contributed by atoms with Gasteiger partial charge in [0, 0.05) is 23.7 Å². The SMILES string of the molecule is CC(c1cccc(Cl)c1)N(C)CCC(N)c1ccccc1. The van der Waals surface area contributed by atoms with Crippen molar-refractivity contribution in [2.45, 2.75) is 25.4 Å². The fraction of sp³-hybridized carbons (Fsp3) is 0.333. The van der Waals surface area contributed by atoms with Gasteiger partial charge in [-0.3, -0.25) is 4.90 Å². The second-order valence-corrected chi connectivity index (χ2v) is 5.95. The van der Waals surface area contributed by atoms with Gasteiger partial charge in [0.15, 0.2) is 0 Å². The van der Waals surface area contributed by atoms with Crippen molar-refractivity contribution >= 4 is 11.6 Å². The summed E-state index contributed by atoms with van der Waals surface area (Å²) in [5.74, 6) is 0. The normalized spacial score (nSPS) is 14.1. The summed E-state index contributed by atoms with van der Waals surface area (Å²) < 4.78 is 0. The third-order valence-electron chi connectivity index (χ3n) is 4.01. The molecule has 112 valence electrons. The number of hydrogen-bond acceptors (Lipinski definition) is 2. The lowest BCUT2D eigenvalue weighted by atomic mass is 10.0. The van der Waals surface area contributed by atoms with Crippen LogP contribution in [0, 0.1) is 0 Å². The van der Waals surface area contributed by atoms with Gasteiger partial charge in [-0.05, 0) is 43.7 Å². The third kappa shape index (κ3) is 4.57. The molecule has 0 aliphatic heterocycles. The molecule has 0 radical (unpaired) electrons. The zero-order valence-electron chi connectivity index (χ0n) is 12.7. The van der Waals surface area contributed by atoms with Crippen molar-refractivity contribution in [2.24, 2.45) is 5.73 Å². The molecule has 2 aromatic carbocycles. The molecule has 2 rings (SSSR count). The number of rotatable bonds is 6. The van der Waals surface area contributed by atoms with E-state index in [1.54, 1.807) is 0 Å². The summed E-state index contributed by atoms with van der Waals surface area (Å²) in [6, 6.07) is 18.7. The number of halogens is 1. The lowest BCUT2D eigenvalue weighted by Gasteiger charge is -2.26. The molecule has 2 atom stereocenters. The van der Waals surface area contributed by atoms with Crippen LogP contribution in [0.1, 0.15) is 36.6 Å². The number of hydrogen-bond donors (Lipinski definition) is 1. The van der Waals surface area contributed by atoms with E-state index in [9.17, 15) is 0 Å². The van der Waals surface area contributed by atoms with Gasteiger partial charge < -0.3 is 5.73 Å². The summed E-state index contributed by atoms with van der Waals surface area (Å²) in [5.41, 5.74) is 8.69. The smallest absolute Gasteiger partial charge is 0.0409 e. The van der Waals surface area contributed by atoms with Gasteiger partial charge in [-0.2, -0.15) is 0 Å². The third-order valence-corrected chi connectivity index (χ3v) is 4.25. The maximum Gasteiger partial charge on any atom is 0.0409 e. The lowest BCUT2D eigenvalue weighted by Crippen LogP contribution is -2.26. The Morgan fingerprint density at radius 3 is 2.38 bits per heavy atom. The molecule has 2 nitrogen and oxygen atoms in total.